The number of nitrogens with two attached hydrogens (primary N) is 1. The lowest BCUT2D eigenvalue weighted by Crippen LogP contribution is -2.34. The molecule has 1 unspecified atom stereocenters. The molecule has 1 aromatic heterocycles. The minimum atomic E-state index is -4.60. The molecule has 0 aliphatic heterocycles. The second-order valence-electron chi connectivity index (χ2n) is 9.98. The van der Waals surface area contributed by atoms with Gasteiger partial charge >= 0.3 is 6.36 Å². The molecule has 0 amide bonds. The first kappa shape index (κ1) is 31.8. The lowest BCUT2D eigenvalue weighted by molar-refractivity contribution is -0.274. The lowest BCUT2D eigenvalue weighted by Gasteiger charge is -2.22. The Balaban J connectivity index is 0.000000344. The molecule has 39 heavy (non-hydrogen) atoms. The molecule has 0 spiro atoms. The minimum Gasteiger partial charge on any atom is -0.420 e. The van der Waals surface area contributed by atoms with E-state index in [1.54, 1.807) is 12.1 Å². The fraction of sp³-hybridized carbons (Fsp3) is 0.444. The van der Waals surface area contributed by atoms with Gasteiger partial charge in [-0.1, -0.05) is 39.8 Å². The average Bonchev–Trinajstić information content (AvgIpc) is 3.30. The van der Waals surface area contributed by atoms with E-state index >= 15 is 0 Å². The number of ketones is 1. The van der Waals surface area contributed by atoms with Gasteiger partial charge in [-0.3, -0.25) is 4.79 Å². The van der Waals surface area contributed by atoms with Crippen LogP contribution in [0.2, 0.25) is 0 Å². The highest BCUT2D eigenvalue weighted by atomic mass is 19.4. The zero-order valence-corrected chi connectivity index (χ0v) is 22.4. The molecule has 0 bridgehead atoms. The topological polar surface area (TPSA) is 91.2 Å². The van der Waals surface area contributed by atoms with Gasteiger partial charge in [0.05, 0.1) is 11.6 Å². The summed E-state index contributed by atoms with van der Waals surface area (Å²) in [4.78, 5) is 11.2. The van der Waals surface area contributed by atoms with E-state index in [4.69, 9.17) is 10.2 Å². The van der Waals surface area contributed by atoms with Gasteiger partial charge in [0, 0.05) is 17.4 Å². The van der Waals surface area contributed by atoms with Crippen LogP contribution < -0.4 is 10.5 Å². The first-order valence-corrected chi connectivity index (χ1v) is 12.0. The minimum absolute atomic E-state index is 0.0547. The van der Waals surface area contributed by atoms with Crippen LogP contribution in [0, 0.1) is 12.7 Å². The van der Waals surface area contributed by atoms with E-state index in [0.717, 1.165) is 25.0 Å². The monoisotopic (exact) mass is 559 g/mol. The van der Waals surface area contributed by atoms with E-state index in [9.17, 15) is 31.1 Å². The Morgan fingerprint density at radius 1 is 1.05 bits per heavy atom. The number of aryl methyl sites for hydroxylation is 2. The highest BCUT2D eigenvalue weighted by Crippen LogP contribution is 2.38. The standard InChI is InChI=1S/C18H22F3N3O2.C9H9F3O/c1-9-6-11(15-23-24-16(26-15)17(3,4)5)13(19)7-12(9)18(20,21)8-14(22)10(2)25;1-2-7-3-5-8(6-4-7)13-9(10,11)12/h6-7,14H,8,22H2,1-5H3;3-6H,2H2,1H3. The molecule has 2 aromatic carbocycles. The number of Topliss-reactive ketones (excluding diaryl/α,β-unsaturated/α-hetero) is 1. The maximum Gasteiger partial charge on any atom is 0.573 e. The number of carbonyl (C=O) groups is 1. The average molecular weight is 560 g/mol. The zero-order valence-electron chi connectivity index (χ0n) is 22.4. The third-order valence-corrected chi connectivity index (χ3v) is 5.57. The van der Waals surface area contributed by atoms with Crippen molar-refractivity contribution in [2.75, 3.05) is 0 Å². The largest absolute Gasteiger partial charge is 0.573 e. The van der Waals surface area contributed by atoms with Crippen LogP contribution in [-0.4, -0.2) is 28.4 Å². The number of hydrogen-bond acceptors (Lipinski definition) is 6. The van der Waals surface area contributed by atoms with Crippen molar-refractivity contribution < 1.29 is 40.3 Å². The lowest BCUT2D eigenvalue weighted by atomic mass is 9.94. The molecule has 1 atom stereocenters. The highest BCUT2D eigenvalue weighted by molar-refractivity contribution is 5.81. The van der Waals surface area contributed by atoms with Crippen molar-refractivity contribution in [1.82, 2.24) is 10.2 Å². The van der Waals surface area contributed by atoms with Gasteiger partial charge in [-0.2, -0.15) is 0 Å². The summed E-state index contributed by atoms with van der Waals surface area (Å²) in [6.07, 6.45) is -4.70. The van der Waals surface area contributed by atoms with Gasteiger partial charge in [0.1, 0.15) is 17.3 Å². The highest BCUT2D eigenvalue weighted by Gasteiger charge is 2.37. The Kier molecular flexibility index (Phi) is 9.94. The SMILES string of the molecule is CC(=O)C(N)CC(F)(F)c1cc(F)c(-c2nnc(C(C)(C)C)o2)cc1C.CCc1ccc(OC(F)(F)F)cc1. The molecule has 6 nitrogen and oxygen atoms in total. The molecule has 0 aliphatic carbocycles. The van der Waals surface area contributed by atoms with Crippen LogP contribution in [0.4, 0.5) is 26.3 Å². The molecule has 0 saturated carbocycles. The number of hydrogen-bond donors (Lipinski definition) is 1. The number of benzene rings is 2. The smallest absolute Gasteiger partial charge is 0.420 e. The third kappa shape index (κ3) is 9.09. The fourth-order valence-electron chi connectivity index (χ4n) is 3.33. The van der Waals surface area contributed by atoms with Gasteiger partial charge in [0.2, 0.25) is 5.89 Å². The zero-order chi connectivity index (χ0) is 29.8. The molecule has 0 fully saturated rings. The molecule has 2 N–H and O–H groups in total. The number of aromatic nitrogens is 2. The summed E-state index contributed by atoms with van der Waals surface area (Å²) in [7, 11) is 0. The molecule has 0 radical (unpaired) electrons. The van der Waals surface area contributed by atoms with Gasteiger partial charge < -0.3 is 14.9 Å². The van der Waals surface area contributed by atoms with E-state index in [0.29, 0.717) is 5.89 Å². The van der Waals surface area contributed by atoms with Crippen LogP contribution >= 0.6 is 0 Å². The van der Waals surface area contributed by atoms with Crippen molar-refractivity contribution in [3.8, 4) is 17.2 Å². The fourth-order valence-corrected chi connectivity index (χ4v) is 3.33. The Morgan fingerprint density at radius 2 is 1.64 bits per heavy atom. The second-order valence-corrected chi connectivity index (χ2v) is 9.98. The van der Waals surface area contributed by atoms with Crippen LogP contribution in [0.5, 0.6) is 5.75 Å². The molecule has 3 rings (SSSR count). The first-order valence-electron chi connectivity index (χ1n) is 12.0. The van der Waals surface area contributed by atoms with Crippen molar-refractivity contribution in [3.63, 3.8) is 0 Å². The molecular formula is C27H31F6N3O3. The van der Waals surface area contributed by atoms with Crippen molar-refractivity contribution in [2.24, 2.45) is 5.73 Å². The van der Waals surface area contributed by atoms with Crippen LogP contribution in [0.15, 0.2) is 40.8 Å². The molecule has 3 aromatic rings. The quantitative estimate of drug-likeness (QED) is 0.313. The third-order valence-electron chi connectivity index (χ3n) is 5.57. The summed E-state index contributed by atoms with van der Waals surface area (Å²) >= 11 is 0. The molecule has 0 saturated heterocycles. The summed E-state index contributed by atoms with van der Waals surface area (Å²) in [6, 6.07) is 6.49. The predicted octanol–water partition coefficient (Wildman–Crippen LogP) is 7.03. The Labute approximate surface area is 222 Å². The molecule has 12 heteroatoms. The van der Waals surface area contributed by atoms with Crippen molar-refractivity contribution in [1.29, 1.82) is 0 Å². The number of ether oxygens (including phenoxy) is 1. The maximum atomic E-state index is 14.5. The number of nitrogens with zero attached hydrogens (tertiary/aromatic N) is 2. The Bertz CT molecular complexity index is 1270. The van der Waals surface area contributed by atoms with Gasteiger partial charge in [0.25, 0.3) is 11.8 Å². The maximum absolute atomic E-state index is 14.5. The van der Waals surface area contributed by atoms with Gasteiger partial charge in [0.15, 0.2) is 0 Å². The van der Waals surface area contributed by atoms with Crippen LogP contribution in [0.25, 0.3) is 11.5 Å². The van der Waals surface area contributed by atoms with E-state index in [1.165, 1.54) is 25.1 Å². The summed E-state index contributed by atoms with van der Waals surface area (Å²) in [6.45, 7) is 10.1. The van der Waals surface area contributed by atoms with Gasteiger partial charge in [-0.05, 0) is 55.7 Å². The van der Waals surface area contributed by atoms with Gasteiger partial charge in [-0.25, -0.2) is 13.2 Å². The van der Waals surface area contributed by atoms with E-state index in [2.05, 4.69) is 14.9 Å². The Morgan fingerprint density at radius 3 is 2.10 bits per heavy atom. The number of halogens is 6. The van der Waals surface area contributed by atoms with E-state index in [1.807, 2.05) is 27.7 Å². The second kappa shape index (κ2) is 12.2. The normalized spacial score (nSPS) is 12.9. The summed E-state index contributed by atoms with van der Waals surface area (Å²) in [5, 5.41) is 7.69. The number of rotatable bonds is 7. The van der Waals surface area contributed by atoms with Crippen molar-refractivity contribution in [2.45, 2.75) is 78.1 Å². The predicted molar refractivity (Wildman–Crippen MR) is 133 cm³/mol. The molecule has 0 aliphatic rings. The van der Waals surface area contributed by atoms with E-state index < -0.39 is 47.3 Å². The summed E-state index contributed by atoms with van der Waals surface area (Å²) in [5.41, 5.74) is 5.55. The van der Waals surface area contributed by atoms with Gasteiger partial charge in [-0.15, -0.1) is 23.4 Å². The van der Waals surface area contributed by atoms with Crippen LogP contribution in [0.3, 0.4) is 0 Å². The van der Waals surface area contributed by atoms with Crippen molar-refractivity contribution in [3.05, 3.63) is 64.8 Å². The number of carbonyl (C=O) groups excluding carboxylic acids is 1. The molecular weight excluding hydrogens is 528 g/mol. The van der Waals surface area contributed by atoms with Crippen LogP contribution in [0.1, 0.15) is 63.6 Å². The summed E-state index contributed by atoms with van der Waals surface area (Å²) in [5.74, 6) is -4.85. The first-order chi connectivity index (χ1) is 17.8. The number of alkyl halides is 5. The summed E-state index contributed by atoms with van der Waals surface area (Å²) < 4.78 is 87.7. The van der Waals surface area contributed by atoms with Crippen LogP contribution in [-0.2, 0) is 22.6 Å². The van der Waals surface area contributed by atoms with E-state index in [-0.39, 0.29) is 22.8 Å². The molecule has 214 valence electrons. The molecule has 1 heterocycles. The Hall–Kier alpha value is -3.41. The van der Waals surface area contributed by atoms with Crippen molar-refractivity contribution >= 4 is 5.78 Å².